The van der Waals surface area contributed by atoms with Crippen molar-refractivity contribution < 1.29 is 0 Å². The zero-order valence-electron chi connectivity index (χ0n) is 13.3. The minimum atomic E-state index is 0.259. The van der Waals surface area contributed by atoms with Gasteiger partial charge in [-0.3, -0.25) is 4.90 Å². The molecule has 0 aliphatic carbocycles. The van der Waals surface area contributed by atoms with Crippen molar-refractivity contribution in [3.8, 4) is 0 Å². The number of hydrogen-bond acceptors (Lipinski definition) is 2. The standard InChI is InChI=1S/C17H29ClN2/c1-5-7-10-20(14(4)6-2)17(12-19)15-9-8-13(3)16(18)11-15/h8-9,11,14,17H,5-7,10,12,19H2,1-4H3. The molecule has 2 N–H and O–H groups in total. The first-order valence-electron chi connectivity index (χ1n) is 7.76. The highest BCUT2D eigenvalue weighted by atomic mass is 35.5. The number of nitrogens with two attached hydrogens (primary N) is 1. The fraction of sp³-hybridized carbons (Fsp3) is 0.647. The molecule has 2 unspecified atom stereocenters. The first-order chi connectivity index (χ1) is 9.54. The van der Waals surface area contributed by atoms with Crippen LogP contribution in [0.1, 0.15) is 57.2 Å². The molecule has 1 rings (SSSR count). The van der Waals surface area contributed by atoms with Crippen molar-refractivity contribution in [1.82, 2.24) is 4.90 Å². The number of rotatable bonds is 8. The van der Waals surface area contributed by atoms with Crippen LogP contribution in [0.25, 0.3) is 0 Å². The Morgan fingerprint density at radius 1 is 1.30 bits per heavy atom. The molecule has 0 aliphatic heterocycles. The first-order valence-corrected chi connectivity index (χ1v) is 8.14. The summed E-state index contributed by atoms with van der Waals surface area (Å²) in [7, 11) is 0. The van der Waals surface area contributed by atoms with Crippen LogP contribution in [0.5, 0.6) is 0 Å². The minimum absolute atomic E-state index is 0.259. The van der Waals surface area contributed by atoms with Crippen molar-refractivity contribution in [3.05, 3.63) is 34.3 Å². The largest absolute Gasteiger partial charge is 0.329 e. The smallest absolute Gasteiger partial charge is 0.0473 e. The number of aryl methyl sites for hydroxylation is 1. The highest BCUT2D eigenvalue weighted by Gasteiger charge is 2.23. The normalized spacial score (nSPS) is 14.6. The zero-order valence-corrected chi connectivity index (χ0v) is 14.1. The van der Waals surface area contributed by atoms with E-state index in [0.29, 0.717) is 12.6 Å². The van der Waals surface area contributed by atoms with Crippen LogP contribution in [0, 0.1) is 6.92 Å². The number of unbranched alkanes of at least 4 members (excludes halogenated alkanes) is 1. The van der Waals surface area contributed by atoms with E-state index in [1.807, 2.05) is 6.92 Å². The number of benzene rings is 1. The molecule has 0 amide bonds. The van der Waals surface area contributed by atoms with Crippen molar-refractivity contribution in [2.75, 3.05) is 13.1 Å². The third kappa shape index (κ3) is 4.47. The van der Waals surface area contributed by atoms with Crippen molar-refractivity contribution >= 4 is 11.6 Å². The lowest BCUT2D eigenvalue weighted by molar-refractivity contribution is 0.141. The predicted octanol–water partition coefficient (Wildman–Crippen LogP) is 4.55. The fourth-order valence-electron chi connectivity index (χ4n) is 2.54. The molecule has 1 aromatic rings. The van der Waals surface area contributed by atoms with Gasteiger partial charge in [0, 0.05) is 23.7 Å². The minimum Gasteiger partial charge on any atom is -0.329 e. The Hall–Kier alpha value is -0.570. The van der Waals surface area contributed by atoms with Crippen molar-refractivity contribution in [1.29, 1.82) is 0 Å². The Balaban J connectivity index is 3.01. The molecular weight excluding hydrogens is 268 g/mol. The van der Waals surface area contributed by atoms with E-state index >= 15 is 0 Å². The van der Waals surface area contributed by atoms with Gasteiger partial charge in [-0.15, -0.1) is 0 Å². The quantitative estimate of drug-likeness (QED) is 0.762. The average molecular weight is 297 g/mol. The molecule has 0 heterocycles. The van der Waals surface area contributed by atoms with Gasteiger partial charge in [0.05, 0.1) is 0 Å². The fourth-order valence-corrected chi connectivity index (χ4v) is 2.73. The van der Waals surface area contributed by atoms with Crippen LogP contribution < -0.4 is 5.73 Å². The van der Waals surface area contributed by atoms with Gasteiger partial charge in [0.1, 0.15) is 0 Å². The Bertz CT molecular complexity index is 406. The summed E-state index contributed by atoms with van der Waals surface area (Å²) in [4.78, 5) is 2.53. The maximum Gasteiger partial charge on any atom is 0.0473 e. The van der Waals surface area contributed by atoms with Gasteiger partial charge in [-0.1, -0.05) is 44.0 Å². The van der Waals surface area contributed by atoms with Gasteiger partial charge >= 0.3 is 0 Å². The number of nitrogens with zero attached hydrogens (tertiary/aromatic N) is 1. The van der Waals surface area contributed by atoms with Gasteiger partial charge in [0.25, 0.3) is 0 Å². The van der Waals surface area contributed by atoms with Gasteiger partial charge in [0.2, 0.25) is 0 Å². The Labute approximate surface area is 129 Å². The Morgan fingerprint density at radius 3 is 2.50 bits per heavy atom. The molecule has 0 spiro atoms. The molecule has 0 radical (unpaired) electrons. The maximum absolute atomic E-state index is 6.28. The molecular formula is C17H29ClN2. The van der Waals surface area contributed by atoms with Gasteiger partial charge in [-0.05, 0) is 50.4 Å². The second-order valence-electron chi connectivity index (χ2n) is 5.61. The van der Waals surface area contributed by atoms with Crippen LogP contribution in [0.4, 0.5) is 0 Å². The first kappa shape index (κ1) is 17.5. The van der Waals surface area contributed by atoms with Gasteiger partial charge in [-0.2, -0.15) is 0 Å². The molecule has 0 saturated carbocycles. The summed E-state index contributed by atoms with van der Waals surface area (Å²) in [6.45, 7) is 10.5. The molecule has 0 aromatic heterocycles. The molecule has 0 bridgehead atoms. The van der Waals surface area contributed by atoms with Gasteiger partial charge < -0.3 is 5.73 Å². The van der Waals surface area contributed by atoms with E-state index in [4.69, 9.17) is 17.3 Å². The lowest BCUT2D eigenvalue weighted by atomic mass is 10.0. The molecule has 114 valence electrons. The summed E-state index contributed by atoms with van der Waals surface area (Å²) in [6.07, 6.45) is 3.55. The molecule has 1 aromatic carbocycles. The van der Waals surface area contributed by atoms with E-state index < -0.39 is 0 Å². The second-order valence-corrected chi connectivity index (χ2v) is 6.02. The third-order valence-electron chi connectivity index (χ3n) is 4.13. The van der Waals surface area contributed by atoms with Crippen molar-refractivity contribution in [2.24, 2.45) is 5.73 Å². The third-order valence-corrected chi connectivity index (χ3v) is 4.54. The van der Waals surface area contributed by atoms with Crippen LogP contribution >= 0.6 is 11.6 Å². The highest BCUT2D eigenvalue weighted by Crippen LogP contribution is 2.27. The number of hydrogen-bond donors (Lipinski definition) is 1. The van der Waals surface area contributed by atoms with Crippen molar-refractivity contribution in [3.63, 3.8) is 0 Å². The number of halogens is 1. The molecule has 20 heavy (non-hydrogen) atoms. The van der Waals surface area contributed by atoms with Gasteiger partial charge in [0.15, 0.2) is 0 Å². The molecule has 2 nitrogen and oxygen atoms in total. The summed E-state index contributed by atoms with van der Waals surface area (Å²) in [6, 6.07) is 7.13. The van der Waals surface area contributed by atoms with Crippen LogP contribution in [-0.4, -0.2) is 24.0 Å². The van der Waals surface area contributed by atoms with E-state index in [2.05, 4.69) is 43.9 Å². The molecule has 0 saturated heterocycles. The molecule has 0 fully saturated rings. The van der Waals surface area contributed by atoms with Crippen LogP contribution in [0.15, 0.2) is 18.2 Å². The monoisotopic (exact) mass is 296 g/mol. The zero-order chi connectivity index (χ0) is 15.1. The van der Waals surface area contributed by atoms with E-state index in [1.54, 1.807) is 0 Å². The second kappa shape index (κ2) is 8.66. The van der Waals surface area contributed by atoms with E-state index in [1.165, 1.54) is 18.4 Å². The van der Waals surface area contributed by atoms with Gasteiger partial charge in [-0.25, -0.2) is 0 Å². The highest BCUT2D eigenvalue weighted by molar-refractivity contribution is 6.31. The molecule has 2 atom stereocenters. The van der Waals surface area contributed by atoms with E-state index in [-0.39, 0.29) is 6.04 Å². The lowest BCUT2D eigenvalue weighted by Crippen LogP contribution is -2.40. The van der Waals surface area contributed by atoms with E-state index in [9.17, 15) is 0 Å². The van der Waals surface area contributed by atoms with Crippen LogP contribution in [0.3, 0.4) is 0 Å². The summed E-state index contributed by atoms with van der Waals surface area (Å²) in [5.41, 5.74) is 8.43. The van der Waals surface area contributed by atoms with Crippen molar-refractivity contribution in [2.45, 2.75) is 59.0 Å². The summed E-state index contributed by atoms with van der Waals surface area (Å²) in [5, 5.41) is 0.834. The molecule has 3 heteroatoms. The van der Waals surface area contributed by atoms with E-state index in [0.717, 1.165) is 23.6 Å². The Kier molecular flexibility index (Phi) is 7.57. The summed E-state index contributed by atoms with van der Waals surface area (Å²) < 4.78 is 0. The SMILES string of the molecule is CCCCN(C(C)CC)C(CN)c1ccc(C)c(Cl)c1. The summed E-state index contributed by atoms with van der Waals surface area (Å²) >= 11 is 6.28. The maximum atomic E-state index is 6.28. The summed E-state index contributed by atoms with van der Waals surface area (Å²) in [5.74, 6) is 0. The van der Waals surface area contributed by atoms with Crippen LogP contribution in [-0.2, 0) is 0 Å². The topological polar surface area (TPSA) is 29.3 Å². The Morgan fingerprint density at radius 2 is 2.00 bits per heavy atom. The van der Waals surface area contributed by atoms with Crippen LogP contribution in [0.2, 0.25) is 5.02 Å². The molecule has 0 aliphatic rings. The predicted molar refractivity (Wildman–Crippen MR) is 89.4 cm³/mol. The lowest BCUT2D eigenvalue weighted by Gasteiger charge is -2.36. The average Bonchev–Trinajstić information content (AvgIpc) is 2.46.